The van der Waals surface area contributed by atoms with Crippen LogP contribution in [0.4, 0.5) is 4.79 Å². The Hall–Kier alpha value is -2.01. The third-order valence-electron chi connectivity index (χ3n) is 4.26. The van der Waals surface area contributed by atoms with E-state index in [1.54, 1.807) is 4.90 Å². The van der Waals surface area contributed by atoms with Gasteiger partial charge in [0.05, 0.1) is 6.61 Å². The van der Waals surface area contributed by atoms with Crippen LogP contribution in [0.25, 0.3) is 10.9 Å². The zero-order valence-corrected chi connectivity index (χ0v) is 12.9. The van der Waals surface area contributed by atoms with Crippen LogP contribution in [-0.2, 0) is 6.42 Å². The Morgan fingerprint density at radius 2 is 2.27 bits per heavy atom. The van der Waals surface area contributed by atoms with Gasteiger partial charge in [-0.3, -0.25) is 0 Å². The van der Waals surface area contributed by atoms with E-state index in [4.69, 9.17) is 5.11 Å². The quantitative estimate of drug-likeness (QED) is 0.765. The highest BCUT2D eigenvalue weighted by Gasteiger charge is 2.31. The molecule has 0 spiro atoms. The minimum absolute atomic E-state index is 0.0194. The minimum Gasteiger partial charge on any atom is -0.395 e. The van der Waals surface area contributed by atoms with Gasteiger partial charge in [0, 0.05) is 36.2 Å². The van der Waals surface area contributed by atoms with E-state index in [0.29, 0.717) is 19.1 Å². The Morgan fingerprint density at radius 3 is 3.00 bits per heavy atom. The number of aliphatic hydroxyl groups is 1. The number of urea groups is 1. The molecular weight excluding hydrogens is 278 g/mol. The van der Waals surface area contributed by atoms with E-state index in [0.717, 1.165) is 24.8 Å². The van der Waals surface area contributed by atoms with Gasteiger partial charge in [0.15, 0.2) is 0 Å². The van der Waals surface area contributed by atoms with Crippen LogP contribution in [0.15, 0.2) is 24.4 Å². The number of nitrogens with one attached hydrogen (secondary N) is 2. The molecule has 0 atom stereocenters. The average Bonchev–Trinajstić information content (AvgIpc) is 3.26. The number of aromatic amines is 1. The fraction of sp³-hybridized carbons (Fsp3) is 0.471. The summed E-state index contributed by atoms with van der Waals surface area (Å²) in [5, 5.41) is 13.3. The van der Waals surface area contributed by atoms with Crippen LogP contribution in [0.5, 0.6) is 0 Å². The number of rotatable bonds is 6. The Bertz CT molecular complexity index is 661. The second kappa shape index (κ2) is 6.40. The fourth-order valence-corrected chi connectivity index (χ4v) is 3.00. The number of nitrogens with zero attached hydrogens (tertiary/aromatic N) is 1. The number of aliphatic hydroxyl groups excluding tert-OH is 1. The number of hydrogen-bond donors (Lipinski definition) is 3. The van der Waals surface area contributed by atoms with Gasteiger partial charge in [0.1, 0.15) is 0 Å². The van der Waals surface area contributed by atoms with Gasteiger partial charge >= 0.3 is 6.03 Å². The second-order valence-corrected chi connectivity index (χ2v) is 5.94. The van der Waals surface area contributed by atoms with Crippen LogP contribution in [0.1, 0.15) is 24.0 Å². The molecule has 0 bridgehead atoms. The van der Waals surface area contributed by atoms with Crippen molar-refractivity contribution in [1.82, 2.24) is 15.2 Å². The molecule has 3 rings (SSSR count). The first-order chi connectivity index (χ1) is 10.7. The molecule has 118 valence electrons. The van der Waals surface area contributed by atoms with E-state index < -0.39 is 0 Å². The maximum Gasteiger partial charge on any atom is 0.317 e. The molecule has 22 heavy (non-hydrogen) atoms. The van der Waals surface area contributed by atoms with Crippen LogP contribution in [0, 0.1) is 6.92 Å². The summed E-state index contributed by atoms with van der Waals surface area (Å²) in [4.78, 5) is 17.2. The van der Waals surface area contributed by atoms with Gasteiger partial charge in [-0.15, -0.1) is 0 Å². The van der Waals surface area contributed by atoms with Gasteiger partial charge in [-0.25, -0.2) is 4.79 Å². The lowest BCUT2D eigenvalue weighted by atomic mass is 10.1. The van der Waals surface area contributed by atoms with Gasteiger partial charge in [0.2, 0.25) is 0 Å². The summed E-state index contributed by atoms with van der Waals surface area (Å²) in [7, 11) is 0. The largest absolute Gasteiger partial charge is 0.395 e. The third-order valence-corrected chi connectivity index (χ3v) is 4.26. The molecule has 0 saturated heterocycles. The van der Waals surface area contributed by atoms with E-state index in [1.807, 2.05) is 12.3 Å². The molecule has 0 radical (unpaired) electrons. The lowest BCUT2D eigenvalue weighted by Gasteiger charge is -2.21. The molecule has 1 heterocycles. The normalized spacial score (nSPS) is 14.3. The molecular formula is C17H23N3O2. The lowest BCUT2D eigenvalue weighted by Crippen LogP contribution is -2.43. The van der Waals surface area contributed by atoms with Crippen molar-refractivity contribution in [2.75, 3.05) is 19.7 Å². The first-order valence-electron chi connectivity index (χ1n) is 7.91. The molecule has 2 aromatic rings. The van der Waals surface area contributed by atoms with Gasteiger partial charge < -0.3 is 20.3 Å². The molecule has 1 aliphatic carbocycles. The summed E-state index contributed by atoms with van der Waals surface area (Å²) in [6.07, 6.45) is 4.93. The van der Waals surface area contributed by atoms with Crippen LogP contribution in [0.3, 0.4) is 0 Å². The third kappa shape index (κ3) is 3.09. The predicted octanol–water partition coefficient (Wildman–Crippen LogP) is 2.19. The molecule has 5 nitrogen and oxygen atoms in total. The van der Waals surface area contributed by atoms with Crippen molar-refractivity contribution >= 4 is 16.9 Å². The summed E-state index contributed by atoms with van der Waals surface area (Å²) in [5.41, 5.74) is 3.62. The number of aromatic nitrogens is 1. The van der Waals surface area contributed by atoms with Crippen LogP contribution < -0.4 is 5.32 Å². The van der Waals surface area contributed by atoms with Crippen LogP contribution in [0.2, 0.25) is 0 Å². The first-order valence-corrected chi connectivity index (χ1v) is 7.91. The summed E-state index contributed by atoms with van der Waals surface area (Å²) < 4.78 is 0. The molecule has 2 amide bonds. The summed E-state index contributed by atoms with van der Waals surface area (Å²) in [5.74, 6) is 0. The van der Waals surface area contributed by atoms with Crippen LogP contribution >= 0.6 is 0 Å². The average molecular weight is 301 g/mol. The van der Waals surface area contributed by atoms with Crippen molar-refractivity contribution in [3.63, 3.8) is 0 Å². The summed E-state index contributed by atoms with van der Waals surface area (Å²) in [6, 6.07) is 6.48. The summed E-state index contributed by atoms with van der Waals surface area (Å²) in [6.45, 7) is 3.15. The monoisotopic (exact) mass is 301 g/mol. The summed E-state index contributed by atoms with van der Waals surface area (Å²) >= 11 is 0. The highest BCUT2D eigenvalue weighted by molar-refractivity contribution is 5.86. The SMILES string of the molecule is Cc1cccc2[nH]cc(CCNC(=O)N(CCO)C3CC3)c12. The number of carbonyl (C=O) groups is 1. The van der Waals surface area contributed by atoms with Gasteiger partial charge in [-0.2, -0.15) is 0 Å². The number of hydrogen-bond acceptors (Lipinski definition) is 2. The molecule has 0 unspecified atom stereocenters. The highest BCUT2D eigenvalue weighted by atomic mass is 16.3. The molecule has 1 saturated carbocycles. The van der Waals surface area contributed by atoms with Crippen molar-refractivity contribution in [2.24, 2.45) is 0 Å². The number of amides is 2. The van der Waals surface area contributed by atoms with Crippen molar-refractivity contribution < 1.29 is 9.90 Å². The lowest BCUT2D eigenvalue weighted by molar-refractivity contribution is 0.174. The van der Waals surface area contributed by atoms with Gasteiger partial charge in [-0.05, 0) is 43.4 Å². The Morgan fingerprint density at radius 1 is 1.45 bits per heavy atom. The van der Waals surface area contributed by atoms with E-state index >= 15 is 0 Å². The molecule has 0 aliphatic heterocycles. The molecule has 5 heteroatoms. The molecule has 1 aromatic carbocycles. The smallest absolute Gasteiger partial charge is 0.317 e. The van der Waals surface area contributed by atoms with E-state index in [-0.39, 0.29) is 12.6 Å². The van der Waals surface area contributed by atoms with E-state index in [2.05, 4.69) is 29.4 Å². The van der Waals surface area contributed by atoms with Crippen molar-refractivity contribution in [2.45, 2.75) is 32.2 Å². The number of carbonyl (C=O) groups excluding carboxylic acids is 1. The fourth-order valence-electron chi connectivity index (χ4n) is 3.00. The number of aryl methyl sites for hydroxylation is 1. The Labute approximate surface area is 130 Å². The highest BCUT2D eigenvalue weighted by Crippen LogP contribution is 2.26. The predicted molar refractivity (Wildman–Crippen MR) is 87.0 cm³/mol. The molecule has 3 N–H and O–H groups in total. The van der Waals surface area contributed by atoms with Crippen LogP contribution in [-0.4, -0.2) is 46.8 Å². The maximum atomic E-state index is 12.2. The standard InChI is InChI=1S/C17H23N3O2/c1-12-3-2-4-15-16(12)13(11-19-15)7-8-18-17(22)20(9-10-21)14-5-6-14/h2-4,11,14,19,21H,5-10H2,1H3,(H,18,22). The van der Waals surface area contributed by atoms with E-state index in [1.165, 1.54) is 16.5 Å². The Kier molecular flexibility index (Phi) is 4.34. The first kappa shape index (κ1) is 14.9. The number of benzene rings is 1. The maximum absolute atomic E-state index is 12.2. The van der Waals surface area contributed by atoms with Gasteiger partial charge in [-0.1, -0.05) is 12.1 Å². The molecule has 1 aliphatic rings. The van der Waals surface area contributed by atoms with Crippen molar-refractivity contribution in [1.29, 1.82) is 0 Å². The van der Waals surface area contributed by atoms with Crippen molar-refractivity contribution in [3.8, 4) is 0 Å². The topological polar surface area (TPSA) is 68.4 Å². The van der Waals surface area contributed by atoms with E-state index in [9.17, 15) is 4.79 Å². The van der Waals surface area contributed by atoms with Gasteiger partial charge in [0.25, 0.3) is 0 Å². The minimum atomic E-state index is -0.0619. The zero-order valence-electron chi connectivity index (χ0n) is 12.9. The zero-order chi connectivity index (χ0) is 15.5. The number of H-pyrrole nitrogens is 1. The molecule has 1 aromatic heterocycles. The number of fused-ring (bicyclic) bond motifs is 1. The second-order valence-electron chi connectivity index (χ2n) is 5.94. The van der Waals surface area contributed by atoms with Crippen molar-refractivity contribution in [3.05, 3.63) is 35.5 Å². The Balaban J connectivity index is 1.59. The molecule has 1 fully saturated rings.